The maximum absolute atomic E-state index is 6.09. The fraction of sp³-hybridized carbons (Fsp3) is 0.143. The van der Waals surface area contributed by atoms with Gasteiger partial charge in [0.1, 0.15) is 0 Å². The Kier molecular flexibility index (Phi) is 2.29. The molecule has 1 atom stereocenters. The Balaban J connectivity index is 2.00. The third kappa shape index (κ3) is 1.55. The molecule has 80 valence electrons. The second kappa shape index (κ2) is 3.80. The van der Waals surface area contributed by atoms with Crippen molar-refractivity contribution >= 4 is 17.0 Å². The molecule has 2 aromatic rings. The molecule has 2 N–H and O–H groups in total. The van der Waals surface area contributed by atoms with Crippen molar-refractivity contribution in [2.45, 2.75) is 12.3 Å². The summed E-state index contributed by atoms with van der Waals surface area (Å²) in [5.74, 6) is 0.434. The lowest BCUT2D eigenvalue weighted by Gasteiger charge is -2.19. The number of nitrogens with two attached hydrogens (primary N) is 1. The van der Waals surface area contributed by atoms with Gasteiger partial charge in [0.2, 0.25) is 0 Å². The number of hydrogen-bond donors (Lipinski definition) is 1. The van der Waals surface area contributed by atoms with Gasteiger partial charge in [0.05, 0.1) is 4.88 Å². The van der Waals surface area contributed by atoms with Crippen molar-refractivity contribution in [2.24, 2.45) is 5.73 Å². The van der Waals surface area contributed by atoms with Crippen LogP contribution >= 0.6 is 11.3 Å². The smallest absolute Gasteiger partial charge is 0.0529 e. The number of allylic oxidation sites excluding steroid dienone is 1. The van der Waals surface area contributed by atoms with E-state index in [0.717, 1.165) is 12.1 Å². The van der Waals surface area contributed by atoms with E-state index in [-0.39, 0.29) is 0 Å². The van der Waals surface area contributed by atoms with Crippen molar-refractivity contribution in [3.63, 3.8) is 0 Å². The molecule has 2 heteroatoms. The first-order valence-electron chi connectivity index (χ1n) is 5.43. The molecule has 1 aliphatic rings. The Morgan fingerprint density at radius 2 is 1.94 bits per heavy atom. The summed E-state index contributed by atoms with van der Waals surface area (Å²) < 4.78 is 0. The summed E-state index contributed by atoms with van der Waals surface area (Å²) in [5.41, 5.74) is 9.76. The first-order valence-corrected chi connectivity index (χ1v) is 6.31. The minimum absolute atomic E-state index is 0.434. The van der Waals surface area contributed by atoms with Gasteiger partial charge in [-0.25, -0.2) is 0 Å². The SMILES string of the molecule is NC1=CC(c2ccccc2)Cc2ccsc21. The molecule has 3 rings (SSSR count). The van der Waals surface area contributed by atoms with Crippen LogP contribution in [0.3, 0.4) is 0 Å². The van der Waals surface area contributed by atoms with Gasteiger partial charge < -0.3 is 5.73 Å². The number of hydrogen-bond acceptors (Lipinski definition) is 2. The molecule has 0 saturated carbocycles. The second-order valence-corrected chi connectivity index (χ2v) is 5.03. The second-order valence-electron chi connectivity index (χ2n) is 4.12. The molecule has 0 aliphatic heterocycles. The van der Waals surface area contributed by atoms with Crippen LogP contribution in [0.5, 0.6) is 0 Å². The predicted molar refractivity (Wildman–Crippen MR) is 69.4 cm³/mol. The van der Waals surface area contributed by atoms with Crippen molar-refractivity contribution in [1.29, 1.82) is 0 Å². The molecule has 1 heterocycles. The van der Waals surface area contributed by atoms with Crippen LogP contribution in [0.1, 0.15) is 21.9 Å². The molecule has 1 aromatic carbocycles. The van der Waals surface area contributed by atoms with E-state index in [1.807, 2.05) is 0 Å². The normalized spacial score (nSPS) is 19.0. The summed E-state index contributed by atoms with van der Waals surface area (Å²) in [6.07, 6.45) is 3.26. The molecule has 0 amide bonds. The monoisotopic (exact) mass is 227 g/mol. The van der Waals surface area contributed by atoms with E-state index >= 15 is 0 Å². The maximum atomic E-state index is 6.09. The minimum Gasteiger partial charge on any atom is -0.398 e. The molecule has 1 aliphatic carbocycles. The third-order valence-corrected chi connectivity index (χ3v) is 4.06. The summed E-state index contributed by atoms with van der Waals surface area (Å²) in [4.78, 5) is 1.26. The van der Waals surface area contributed by atoms with E-state index in [4.69, 9.17) is 5.73 Å². The average Bonchev–Trinajstić information content (AvgIpc) is 2.79. The standard InChI is InChI=1S/C14H13NS/c15-13-9-12(10-4-2-1-3-5-10)8-11-6-7-16-14(11)13/h1-7,9,12H,8,15H2. The quantitative estimate of drug-likeness (QED) is 0.794. The van der Waals surface area contributed by atoms with E-state index in [1.54, 1.807) is 11.3 Å². The fourth-order valence-corrected chi connectivity index (χ4v) is 3.13. The molecule has 1 unspecified atom stereocenters. The van der Waals surface area contributed by atoms with Gasteiger partial charge in [-0.2, -0.15) is 0 Å². The number of thiophene rings is 1. The van der Waals surface area contributed by atoms with Crippen LogP contribution in [0.2, 0.25) is 0 Å². The van der Waals surface area contributed by atoms with Gasteiger partial charge in [0, 0.05) is 11.6 Å². The number of fused-ring (bicyclic) bond motifs is 1. The van der Waals surface area contributed by atoms with Gasteiger partial charge in [0.15, 0.2) is 0 Å². The largest absolute Gasteiger partial charge is 0.398 e. The van der Waals surface area contributed by atoms with E-state index in [0.29, 0.717) is 5.92 Å². The highest BCUT2D eigenvalue weighted by Crippen LogP contribution is 2.35. The van der Waals surface area contributed by atoms with Crippen LogP contribution in [0, 0.1) is 0 Å². The molecular formula is C14H13NS. The molecule has 0 radical (unpaired) electrons. The van der Waals surface area contributed by atoms with Crippen LogP contribution in [0.15, 0.2) is 47.9 Å². The summed E-state index contributed by atoms with van der Waals surface area (Å²) in [6, 6.07) is 12.8. The first-order chi connectivity index (χ1) is 7.84. The van der Waals surface area contributed by atoms with E-state index in [1.165, 1.54) is 16.0 Å². The molecule has 0 bridgehead atoms. The number of benzene rings is 1. The fourth-order valence-electron chi connectivity index (χ4n) is 2.25. The Hall–Kier alpha value is -1.54. The highest BCUT2D eigenvalue weighted by molar-refractivity contribution is 7.11. The van der Waals surface area contributed by atoms with E-state index in [9.17, 15) is 0 Å². The summed E-state index contributed by atoms with van der Waals surface area (Å²) >= 11 is 1.74. The lowest BCUT2D eigenvalue weighted by atomic mass is 9.87. The van der Waals surface area contributed by atoms with Crippen molar-refractivity contribution < 1.29 is 0 Å². The van der Waals surface area contributed by atoms with Gasteiger partial charge >= 0.3 is 0 Å². The molecule has 0 fully saturated rings. The summed E-state index contributed by atoms with van der Waals surface area (Å²) in [6.45, 7) is 0. The molecule has 1 aromatic heterocycles. The predicted octanol–water partition coefficient (Wildman–Crippen LogP) is 3.39. The van der Waals surface area contributed by atoms with Crippen molar-refractivity contribution in [3.05, 3.63) is 63.9 Å². The zero-order valence-electron chi connectivity index (χ0n) is 8.89. The topological polar surface area (TPSA) is 26.0 Å². The van der Waals surface area contributed by atoms with Crippen LogP contribution < -0.4 is 5.73 Å². The molecule has 0 saturated heterocycles. The summed E-state index contributed by atoms with van der Waals surface area (Å²) in [7, 11) is 0. The zero-order valence-corrected chi connectivity index (χ0v) is 9.71. The zero-order chi connectivity index (χ0) is 11.0. The first kappa shape index (κ1) is 9.67. The van der Waals surface area contributed by atoms with Gasteiger partial charge in [-0.3, -0.25) is 0 Å². The van der Waals surface area contributed by atoms with Crippen molar-refractivity contribution in [2.75, 3.05) is 0 Å². The van der Waals surface area contributed by atoms with Crippen LogP contribution in [-0.4, -0.2) is 0 Å². The van der Waals surface area contributed by atoms with Crippen molar-refractivity contribution in [1.82, 2.24) is 0 Å². The number of rotatable bonds is 1. The third-order valence-electron chi connectivity index (χ3n) is 3.06. The van der Waals surface area contributed by atoms with Crippen molar-refractivity contribution in [3.8, 4) is 0 Å². The Morgan fingerprint density at radius 1 is 1.12 bits per heavy atom. The van der Waals surface area contributed by atoms with E-state index < -0.39 is 0 Å². The van der Waals surface area contributed by atoms with Crippen LogP contribution in [0.4, 0.5) is 0 Å². The summed E-state index contributed by atoms with van der Waals surface area (Å²) in [5, 5.41) is 2.12. The lowest BCUT2D eigenvalue weighted by Crippen LogP contribution is -2.10. The maximum Gasteiger partial charge on any atom is 0.0529 e. The van der Waals surface area contributed by atoms with Gasteiger partial charge in [-0.05, 0) is 29.0 Å². The molecule has 1 nitrogen and oxygen atoms in total. The molecule has 0 spiro atoms. The Labute approximate surface area is 99.2 Å². The highest BCUT2D eigenvalue weighted by Gasteiger charge is 2.19. The Bertz CT molecular complexity index is 525. The molecular weight excluding hydrogens is 214 g/mol. The van der Waals surface area contributed by atoms with Crippen LogP contribution in [0.25, 0.3) is 5.70 Å². The average molecular weight is 227 g/mol. The van der Waals surface area contributed by atoms with Gasteiger partial charge in [-0.15, -0.1) is 11.3 Å². The van der Waals surface area contributed by atoms with E-state index in [2.05, 4.69) is 47.9 Å². The van der Waals surface area contributed by atoms with Gasteiger partial charge in [-0.1, -0.05) is 36.4 Å². The minimum atomic E-state index is 0.434. The van der Waals surface area contributed by atoms with Gasteiger partial charge in [0.25, 0.3) is 0 Å². The Morgan fingerprint density at radius 3 is 2.75 bits per heavy atom. The lowest BCUT2D eigenvalue weighted by molar-refractivity contribution is 0.825. The van der Waals surface area contributed by atoms with Crippen LogP contribution in [-0.2, 0) is 6.42 Å². The molecule has 16 heavy (non-hydrogen) atoms. The highest BCUT2D eigenvalue weighted by atomic mass is 32.1.